The third-order valence-electron chi connectivity index (χ3n) is 5.85. The summed E-state index contributed by atoms with van der Waals surface area (Å²) in [7, 11) is 1.26. The molecule has 13 nitrogen and oxygen atoms in total. The predicted octanol–water partition coefficient (Wildman–Crippen LogP) is 2.71. The summed E-state index contributed by atoms with van der Waals surface area (Å²) in [6.45, 7) is -0.180. The van der Waals surface area contributed by atoms with Crippen LogP contribution in [0.5, 0.6) is 0 Å². The summed E-state index contributed by atoms with van der Waals surface area (Å²) in [5.41, 5.74) is 1.99. The van der Waals surface area contributed by atoms with E-state index in [4.69, 9.17) is 26.2 Å². The van der Waals surface area contributed by atoms with Crippen LogP contribution >= 0.6 is 11.6 Å². The fraction of sp³-hybridized carbons (Fsp3) is 0.308. The Hall–Kier alpha value is -4.93. The number of anilines is 1. The van der Waals surface area contributed by atoms with Crippen molar-refractivity contribution in [3.05, 3.63) is 58.7 Å². The summed E-state index contributed by atoms with van der Waals surface area (Å²) in [6.07, 6.45) is -4.66. The first-order chi connectivity index (χ1) is 20.8. The van der Waals surface area contributed by atoms with Crippen molar-refractivity contribution in [3.8, 4) is 0 Å². The van der Waals surface area contributed by atoms with E-state index in [1.165, 1.54) is 7.11 Å². The van der Waals surface area contributed by atoms with Crippen molar-refractivity contribution in [1.82, 2.24) is 26.1 Å². The lowest BCUT2D eigenvalue weighted by Gasteiger charge is -2.19. The Morgan fingerprint density at radius 1 is 1.20 bits per heavy atom. The van der Waals surface area contributed by atoms with Crippen LogP contribution in [0.3, 0.4) is 0 Å². The summed E-state index contributed by atoms with van der Waals surface area (Å²) in [6, 6.07) is 9.24. The van der Waals surface area contributed by atoms with Gasteiger partial charge < -0.3 is 31.1 Å². The molecule has 0 aliphatic carbocycles. The first-order valence-electron chi connectivity index (χ1n) is 12.6. The molecule has 0 fully saturated rings. The average Bonchev–Trinajstić information content (AvgIpc) is 3.46. The Morgan fingerprint density at radius 2 is 1.93 bits per heavy atom. The van der Waals surface area contributed by atoms with Gasteiger partial charge in [0.05, 0.1) is 56.6 Å². The molecule has 2 atom stereocenters. The number of methoxy groups -OCH3 is 1. The van der Waals surface area contributed by atoms with Gasteiger partial charge in [-0.1, -0.05) is 23.7 Å². The number of esters is 1. The van der Waals surface area contributed by atoms with Gasteiger partial charge in [-0.15, -0.1) is 0 Å². The molecule has 0 bridgehead atoms. The smallest absolute Gasteiger partial charge is 0.475 e. The molecule has 1 aromatic heterocycles. The first kappa shape index (κ1) is 33.6. The number of nitrogens with zero attached hydrogens (tertiary/aromatic N) is 2. The van der Waals surface area contributed by atoms with E-state index in [1.807, 2.05) is 0 Å². The highest BCUT2D eigenvalue weighted by molar-refractivity contribution is 6.30. The monoisotopic (exact) mass is 643 g/mol. The van der Waals surface area contributed by atoms with E-state index in [0.717, 1.165) is 0 Å². The topological polar surface area (TPSA) is 187 Å². The Kier molecular flexibility index (Phi) is 11.4. The third-order valence-corrected chi connectivity index (χ3v) is 6.08. The van der Waals surface area contributed by atoms with Crippen LogP contribution in [0, 0.1) is 0 Å². The second-order valence-electron chi connectivity index (χ2n) is 9.09. The lowest BCUT2D eigenvalue weighted by atomic mass is 10.0. The molecule has 2 heterocycles. The van der Waals surface area contributed by atoms with Crippen LogP contribution in [0.15, 0.2) is 47.6 Å². The van der Waals surface area contributed by atoms with Crippen LogP contribution in [0.1, 0.15) is 28.4 Å². The van der Waals surface area contributed by atoms with Gasteiger partial charge in [-0.3, -0.25) is 19.5 Å². The summed E-state index contributed by atoms with van der Waals surface area (Å²) < 4.78 is 49.8. The fourth-order valence-corrected chi connectivity index (χ4v) is 3.95. The fourth-order valence-electron chi connectivity index (χ4n) is 3.75. The molecule has 0 saturated heterocycles. The lowest BCUT2D eigenvalue weighted by Crippen LogP contribution is -2.41. The average molecular weight is 644 g/mol. The Balaban J connectivity index is 0.000000676. The van der Waals surface area contributed by atoms with E-state index < -0.39 is 42.1 Å². The highest BCUT2D eigenvalue weighted by Crippen LogP contribution is 2.25. The number of carbonyl (C=O) groups excluding carboxylic acids is 3. The number of halogens is 5. The predicted molar refractivity (Wildman–Crippen MR) is 150 cm³/mol. The maximum Gasteiger partial charge on any atom is 0.490 e. The molecule has 2 amide bonds. The van der Waals surface area contributed by atoms with E-state index >= 15 is 0 Å². The van der Waals surface area contributed by atoms with Gasteiger partial charge in [-0.2, -0.15) is 18.3 Å². The number of nitrogens with one attached hydrogen (secondary N) is 5. The number of aromatic amines is 1. The highest BCUT2D eigenvalue weighted by atomic mass is 35.5. The molecule has 1 aliphatic heterocycles. The maximum absolute atomic E-state index is 13.4. The summed E-state index contributed by atoms with van der Waals surface area (Å²) >= 11 is 6.05. The molecule has 0 saturated carbocycles. The number of guanidine groups is 1. The number of rotatable bonds is 8. The number of amides is 2. The van der Waals surface area contributed by atoms with E-state index in [9.17, 15) is 31.9 Å². The van der Waals surface area contributed by atoms with Gasteiger partial charge in [0, 0.05) is 16.0 Å². The minimum absolute atomic E-state index is 0.0330. The summed E-state index contributed by atoms with van der Waals surface area (Å²) in [5, 5.41) is 26.3. The molecule has 0 spiro atoms. The standard InChI is InChI=1S/C24H25ClFN7O4.C2HF3O2/c1-37-22(35)8-18(13-3-2-4-15(25)5-13)31-21(34)12-27-23(36)14-6-19(17-11-30-33-20(17)7-14)32-24-28-9-16(26)10-29-24;3-2(4,5)1(6)7/h2-7,11,16,18H,8-10,12H2,1H3,(H,27,36)(H,30,33)(H,31,34)(H2,28,29,32);(H,6,7)/t18-;/m0./s1. The number of aromatic nitrogens is 2. The van der Waals surface area contributed by atoms with E-state index in [2.05, 4.69) is 36.5 Å². The van der Waals surface area contributed by atoms with Gasteiger partial charge in [-0.05, 0) is 29.8 Å². The van der Waals surface area contributed by atoms with Crippen LogP contribution in [-0.2, 0) is 19.1 Å². The van der Waals surface area contributed by atoms with Crippen LogP contribution in [-0.4, -0.2) is 84.1 Å². The van der Waals surface area contributed by atoms with E-state index in [1.54, 1.807) is 42.6 Å². The SMILES string of the molecule is COC(=O)C[C@H](NC(=O)CNC(=O)c1cc(NC2=NCC(F)CN2)c2cn[nH]c2c1)c1cccc(Cl)c1.O=C(O)C(F)(F)F. The van der Waals surface area contributed by atoms with Crippen molar-refractivity contribution in [2.45, 2.75) is 24.8 Å². The number of hydrogen-bond acceptors (Lipinski definition) is 9. The van der Waals surface area contributed by atoms with Crippen LogP contribution in [0.2, 0.25) is 5.02 Å². The Labute approximate surface area is 251 Å². The molecule has 0 radical (unpaired) electrons. The molecule has 18 heteroatoms. The zero-order chi connectivity index (χ0) is 32.4. The lowest BCUT2D eigenvalue weighted by molar-refractivity contribution is -0.192. The van der Waals surface area contributed by atoms with Gasteiger partial charge in [0.1, 0.15) is 6.17 Å². The van der Waals surface area contributed by atoms with E-state index in [-0.39, 0.29) is 31.6 Å². The number of aliphatic carboxylic acids is 1. The van der Waals surface area contributed by atoms with Gasteiger partial charge in [-0.25, -0.2) is 14.2 Å². The number of H-pyrrole nitrogens is 1. The second kappa shape index (κ2) is 15.0. The maximum atomic E-state index is 13.4. The minimum atomic E-state index is -5.08. The number of carboxylic acid groups (broad SMARTS) is 1. The van der Waals surface area contributed by atoms with E-state index in [0.29, 0.717) is 33.1 Å². The molecule has 4 rings (SSSR count). The number of aliphatic imine (C=N–C) groups is 1. The quantitative estimate of drug-likeness (QED) is 0.158. The molecule has 236 valence electrons. The number of benzene rings is 2. The Morgan fingerprint density at radius 3 is 2.55 bits per heavy atom. The van der Waals surface area contributed by atoms with Crippen molar-refractivity contribution in [3.63, 3.8) is 0 Å². The van der Waals surface area contributed by atoms with Gasteiger partial charge in [0.25, 0.3) is 5.91 Å². The molecule has 6 N–H and O–H groups in total. The van der Waals surface area contributed by atoms with Crippen LogP contribution in [0.4, 0.5) is 23.2 Å². The zero-order valence-electron chi connectivity index (χ0n) is 22.8. The van der Waals surface area contributed by atoms with Gasteiger partial charge >= 0.3 is 18.1 Å². The van der Waals surface area contributed by atoms with Crippen molar-refractivity contribution >= 4 is 57.9 Å². The number of carbonyl (C=O) groups is 4. The molecule has 2 aromatic carbocycles. The number of alkyl halides is 4. The van der Waals surface area contributed by atoms with Crippen molar-refractivity contribution in [1.29, 1.82) is 0 Å². The molecular formula is C26H26ClF4N7O6. The largest absolute Gasteiger partial charge is 0.490 e. The molecule has 1 aliphatic rings. The van der Waals surface area contributed by atoms with Crippen molar-refractivity contribution in [2.75, 3.05) is 32.1 Å². The first-order valence-corrected chi connectivity index (χ1v) is 13.0. The number of fused-ring (bicyclic) bond motifs is 1. The third kappa shape index (κ3) is 9.82. The van der Waals surface area contributed by atoms with Crippen molar-refractivity contribution < 1.29 is 46.6 Å². The Bertz CT molecular complexity index is 1550. The minimum Gasteiger partial charge on any atom is -0.475 e. The molecule has 1 unspecified atom stereocenters. The summed E-state index contributed by atoms with van der Waals surface area (Å²) in [4.78, 5) is 50.4. The molecule has 44 heavy (non-hydrogen) atoms. The zero-order valence-corrected chi connectivity index (χ0v) is 23.6. The van der Waals surface area contributed by atoms with Crippen LogP contribution < -0.4 is 21.3 Å². The van der Waals surface area contributed by atoms with Crippen LogP contribution in [0.25, 0.3) is 10.9 Å². The van der Waals surface area contributed by atoms with Gasteiger partial charge in [0.15, 0.2) is 5.96 Å². The summed E-state index contributed by atoms with van der Waals surface area (Å²) in [5.74, 6) is -3.91. The number of ether oxygens (including phenoxy) is 1. The molecule has 3 aromatic rings. The van der Waals surface area contributed by atoms with Gasteiger partial charge in [0.2, 0.25) is 5.91 Å². The highest BCUT2D eigenvalue weighted by Gasteiger charge is 2.38. The number of hydrogen-bond donors (Lipinski definition) is 6. The van der Waals surface area contributed by atoms with Crippen molar-refractivity contribution in [2.24, 2.45) is 4.99 Å². The normalized spacial score (nSPS) is 15.0. The molecular weight excluding hydrogens is 618 g/mol. The number of carboxylic acids is 1. The second-order valence-corrected chi connectivity index (χ2v) is 9.52.